The van der Waals surface area contributed by atoms with Crippen molar-refractivity contribution in [3.8, 4) is 0 Å². The molecule has 0 spiro atoms. The van der Waals surface area contributed by atoms with E-state index in [2.05, 4.69) is 13.2 Å². The summed E-state index contributed by atoms with van der Waals surface area (Å²) in [5.74, 6) is 0. The zero-order valence-electron chi connectivity index (χ0n) is 6.71. The van der Waals surface area contributed by atoms with Gasteiger partial charge in [-0.25, -0.2) is 0 Å². The van der Waals surface area contributed by atoms with Crippen LogP contribution >= 0.6 is 0 Å². The van der Waals surface area contributed by atoms with Gasteiger partial charge in [-0.2, -0.15) is 0 Å². The fourth-order valence-electron chi connectivity index (χ4n) is 0.995. The van der Waals surface area contributed by atoms with Crippen LogP contribution in [0.5, 0.6) is 0 Å². The maximum Gasteiger partial charge on any atom is 0.158 e. The van der Waals surface area contributed by atoms with Crippen molar-refractivity contribution in [2.24, 2.45) is 0 Å². The highest BCUT2D eigenvalue weighted by atomic mass is 16.7. The van der Waals surface area contributed by atoms with Gasteiger partial charge in [0.2, 0.25) is 0 Å². The van der Waals surface area contributed by atoms with Gasteiger partial charge in [-0.1, -0.05) is 18.2 Å². The Bertz CT molecular complexity index is 139. The minimum absolute atomic E-state index is 0.0431. The standard InChI is InChI=1S/C9H14O2/c1-3-6-10-9-5-4-8(2)7-11-9/h3,9H,1-2,4-7H2. The van der Waals surface area contributed by atoms with Gasteiger partial charge in [-0.05, 0) is 6.42 Å². The molecule has 1 heterocycles. The third-order valence-corrected chi connectivity index (χ3v) is 1.61. The lowest BCUT2D eigenvalue weighted by Crippen LogP contribution is -2.23. The molecule has 1 atom stereocenters. The van der Waals surface area contributed by atoms with Crippen LogP contribution in [-0.4, -0.2) is 19.5 Å². The topological polar surface area (TPSA) is 18.5 Å². The average Bonchev–Trinajstić information content (AvgIpc) is 2.04. The quantitative estimate of drug-likeness (QED) is 0.578. The molecule has 0 aliphatic carbocycles. The van der Waals surface area contributed by atoms with Gasteiger partial charge in [0, 0.05) is 6.42 Å². The molecule has 1 saturated heterocycles. The molecule has 0 aromatic carbocycles. The molecule has 0 saturated carbocycles. The second kappa shape index (κ2) is 4.31. The van der Waals surface area contributed by atoms with E-state index in [9.17, 15) is 0 Å². The van der Waals surface area contributed by atoms with Crippen LogP contribution in [0.1, 0.15) is 12.8 Å². The van der Waals surface area contributed by atoms with E-state index >= 15 is 0 Å². The first-order chi connectivity index (χ1) is 5.33. The molecule has 62 valence electrons. The van der Waals surface area contributed by atoms with Crippen LogP contribution in [0.15, 0.2) is 24.8 Å². The summed E-state index contributed by atoms with van der Waals surface area (Å²) < 4.78 is 10.6. The molecule has 1 aliphatic rings. The van der Waals surface area contributed by atoms with E-state index in [1.165, 1.54) is 0 Å². The Morgan fingerprint density at radius 3 is 3.09 bits per heavy atom. The summed E-state index contributed by atoms with van der Waals surface area (Å²) in [4.78, 5) is 0. The Balaban J connectivity index is 2.16. The van der Waals surface area contributed by atoms with Crippen molar-refractivity contribution < 1.29 is 9.47 Å². The van der Waals surface area contributed by atoms with Gasteiger partial charge in [-0.15, -0.1) is 6.58 Å². The number of hydrogen-bond acceptors (Lipinski definition) is 2. The van der Waals surface area contributed by atoms with Crippen LogP contribution in [0, 0.1) is 0 Å². The van der Waals surface area contributed by atoms with Crippen LogP contribution < -0.4 is 0 Å². The molecule has 0 radical (unpaired) electrons. The minimum atomic E-state index is -0.0431. The molecule has 2 nitrogen and oxygen atoms in total. The van der Waals surface area contributed by atoms with Gasteiger partial charge in [-0.3, -0.25) is 0 Å². The molecule has 0 aromatic rings. The average molecular weight is 154 g/mol. The summed E-state index contributed by atoms with van der Waals surface area (Å²) in [5.41, 5.74) is 1.16. The molecule has 0 aromatic heterocycles. The Kier molecular flexibility index (Phi) is 3.33. The first kappa shape index (κ1) is 8.50. The molecule has 0 amide bonds. The third-order valence-electron chi connectivity index (χ3n) is 1.61. The van der Waals surface area contributed by atoms with E-state index in [1.807, 2.05) is 0 Å². The Morgan fingerprint density at radius 2 is 2.55 bits per heavy atom. The van der Waals surface area contributed by atoms with Crippen LogP contribution in [-0.2, 0) is 9.47 Å². The summed E-state index contributed by atoms with van der Waals surface area (Å²) in [7, 11) is 0. The molecule has 1 unspecified atom stereocenters. The van der Waals surface area contributed by atoms with Crippen LogP contribution in [0.4, 0.5) is 0 Å². The lowest BCUT2D eigenvalue weighted by atomic mass is 10.1. The van der Waals surface area contributed by atoms with E-state index in [0.29, 0.717) is 13.2 Å². The van der Waals surface area contributed by atoms with Crippen molar-refractivity contribution in [3.63, 3.8) is 0 Å². The maximum absolute atomic E-state index is 5.32. The van der Waals surface area contributed by atoms with Gasteiger partial charge in [0.05, 0.1) is 13.2 Å². The summed E-state index contributed by atoms with van der Waals surface area (Å²) in [5, 5.41) is 0. The van der Waals surface area contributed by atoms with Gasteiger partial charge < -0.3 is 9.47 Å². The lowest BCUT2D eigenvalue weighted by Gasteiger charge is -2.23. The van der Waals surface area contributed by atoms with Gasteiger partial charge in [0.15, 0.2) is 6.29 Å². The molecular formula is C9H14O2. The predicted molar refractivity (Wildman–Crippen MR) is 44.3 cm³/mol. The largest absolute Gasteiger partial charge is 0.349 e. The van der Waals surface area contributed by atoms with Crippen molar-refractivity contribution in [1.82, 2.24) is 0 Å². The van der Waals surface area contributed by atoms with Crippen LogP contribution in [0.3, 0.4) is 0 Å². The normalized spacial score (nSPS) is 25.1. The van der Waals surface area contributed by atoms with E-state index in [1.54, 1.807) is 6.08 Å². The first-order valence-corrected chi connectivity index (χ1v) is 3.83. The smallest absolute Gasteiger partial charge is 0.158 e. The maximum atomic E-state index is 5.32. The Morgan fingerprint density at radius 1 is 1.73 bits per heavy atom. The number of hydrogen-bond donors (Lipinski definition) is 0. The summed E-state index contributed by atoms with van der Waals surface area (Å²) in [6.45, 7) is 8.60. The molecule has 11 heavy (non-hydrogen) atoms. The number of ether oxygens (including phenoxy) is 2. The fourth-order valence-corrected chi connectivity index (χ4v) is 0.995. The van der Waals surface area contributed by atoms with Crippen LogP contribution in [0.25, 0.3) is 0 Å². The zero-order chi connectivity index (χ0) is 8.10. The highest BCUT2D eigenvalue weighted by molar-refractivity contribution is 4.96. The van der Waals surface area contributed by atoms with Gasteiger partial charge in [0.1, 0.15) is 0 Å². The Labute approximate surface area is 67.5 Å². The summed E-state index contributed by atoms with van der Waals surface area (Å²) >= 11 is 0. The van der Waals surface area contributed by atoms with Crippen molar-refractivity contribution in [1.29, 1.82) is 0 Å². The Hall–Kier alpha value is -0.600. The second-order valence-corrected chi connectivity index (χ2v) is 2.65. The first-order valence-electron chi connectivity index (χ1n) is 3.83. The van der Waals surface area contributed by atoms with Crippen molar-refractivity contribution in [2.45, 2.75) is 19.1 Å². The molecule has 1 aliphatic heterocycles. The van der Waals surface area contributed by atoms with E-state index in [-0.39, 0.29) is 6.29 Å². The second-order valence-electron chi connectivity index (χ2n) is 2.65. The highest BCUT2D eigenvalue weighted by Crippen LogP contribution is 2.16. The van der Waals surface area contributed by atoms with Crippen molar-refractivity contribution in [2.75, 3.05) is 13.2 Å². The molecule has 1 rings (SSSR count). The monoisotopic (exact) mass is 154 g/mol. The predicted octanol–water partition coefficient (Wildman–Crippen LogP) is 1.88. The molecular weight excluding hydrogens is 140 g/mol. The van der Waals surface area contributed by atoms with E-state index in [4.69, 9.17) is 9.47 Å². The van der Waals surface area contributed by atoms with E-state index in [0.717, 1.165) is 18.4 Å². The molecule has 1 fully saturated rings. The zero-order valence-corrected chi connectivity index (χ0v) is 6.71. The van der Waals surface area contributed by atoms with Gasteiger partial charge in [0.25, 0.3) is 0 Å². The summed E-state index contributed by atoms with van der Waals surface area (Å²) in [6.07, 6.45) is 3.62. The van der Waals surface area contributed by atoms with Crippen molar-refractivity contribution >= 4 is 0 Å². The number of rotatable bonds is 3. The van der Waals surface area contributed by atoms with E-state index < -0.39 is 0 Å². The minimum Gasteiger partial charge on any atom is -0.349 e. The SMILES string of the molecule is C=CCOC1CCC(=C)CO1. The molecule has 2 heteroatoms. The van der Waals surface area contributed by atoms with Crippen molar-refractivity contribution in [3.05, 3.63) is 24.8 Å². The fraction of sp³-hybridized carbons (Fsp3) is 0.556. The lowest BCUT2D eigenvalue weighted by molar-refractivity contribution is -0.143. The van der Waals surface area contributed by atoms with Crippen LogP contribution in [0.2, 0.25) is 0 Å². The third kappa shape index (κ3) is 2.87. The molecule has 0 N–H and O–H groups in total. The summed E-state index contributed by atoms with van der Waals surface area (Å²) in [6, 6.07) is 0. The molecule has 0 bridgehead atoms. The highest BCUT2D eigenvalue weighted by Gasteiger charge is 2.14. The van der Waals surface area contributed by atoms with Gasteiger partial charge >= 0.3 is 0 Å².